The lowest BCUT2D eigenvalue weighted by Gasteiger charge is -2.22. The highest BCUT2D eigenvalue weighted by atomic mass is 19.1. The smallest absolute Gasteiger partial charge is 0.251 e. The van der Waals surface area contributed by atoms with Crippen molar-refractivity contribution in [1.82, 2.24) is 0 Å². The van der Waals surface area contributed by atoms with Crippen molar-refractivity contribution in [2.75, 3.05) is 11.9 Å². The number of nitrogens with two attached hydrogens (primary N) is 1. The summed E-state index contributed by atoms with van der Waals surface area (Å²) in [7, 11) is 0. The minimum absolute atomic E-state index is 0.0522. The quantitative estimate of drug-likeness (QED) is 0.863. The van der Waals surface area contributed by atoms with Crippen LogP contribution in [-0.2, 0) is 0 Å². The van der Waals surface area contributed by atoms with E-state index in [1.165, 1.54) is 44.2 Å². The molecular weight excluding hydrogens is 231 g/mol. The van der Waals surface area contributed by atoms with Gasteiger partial charge in [-0.25, -0.2) is 4.39 Å². The van der Waals surface area contributed by atoms with Crippen LogP contribution in [-0.4, -0.2) is 12.5 Å². The molecule has 98 valence electrons. The van der Waals surface area contributed by atoms with Gasteiger partial charge in [-0.15, -0.1) is 0 Å². The fourth-order valence-electron chi connectivity index (χ4n) is 2.48. The summed E-state index contributed by atoms with van der Waals surface area (Å²) in [5.41, 5.74) is 5.82. The molecule has 0 heterocycles. The van der Waals surface area contributed by atoms with Crippen LogP contribution >= 0.6 is 0 Å². The minimum Gasteiger partial charge on any atom is -0.385 e. The van der Waals surface area contributed by atoms with Crippen LogP contribution in [0.25, 0.3) is 0 Å². The second-order valence-electron chi connectivity index (χ2n) is 4.94. The molecule has 4 heteroatoms. The second kappa shape index (κ2) is 5.85. The number of benzene rings is 1. The number of halogens is 1. The maximum atomic E-state index is 13.3. The Labute approximate surface area is 107 Å². The third-order valence-electron chi connectivity index (χ3n) is 3.55. The number of rotatable bonds is 4. The van der Waals surface area contributed by atoms with E-state index >= 15 is 0 Å². The Morgan fingerprint density at radius 2 is 2.06 bits per heavy atom. The molecule has 1 aliphatic carbocycles. The van der Waals surface area contributed by atoms with Crippen LogP contribution in [0.3, 0.4) is 0 Å². The van der Waals surface area contributed by atoms with E-state index in [4.69, 9.17) is 5.73 Å². The molecule has 3 N–H and O–H groups in total. The molecule has 0 aliphatic heterocycles. The first kappa shape index (κ1) is 12.9. The lowest BCUT2D eigenvalue weighted by atomic mass is 9.89. The van der Waals surface area contributed by atoms with Gasteiger partial charge in [0.25, 0.3) is 5.91 Å². The van der Waals surface area contributed by atoms with Crippen LogP contribution in [0.2, 0.25) is 0 Å². The van der Waals surface area contributed by atoms with Gasteiger partial charge in [-0.1, -0.05) is 19.3 Å². The highest BCUT2D eigenvalue weighted by Crippen LogP contribution is 2.24. The molecular formula is C14H19FN2O. The van der Waals surface area contributed by atoms with E-state index in [1.54, 1.807) is 6.07 Å². The van der Waals surface area contributed by atoms with Gasteiger partial charge >= 0.3 is 0 Å². The van der Waals surface area contributed by atoms with Gasteiger partial charge in [0.2, 0.25) is 0 Å². The summed E-state index contributed by atoms with van der Waals surface area (Å²) in [4.78, 5) is 11.0. The van der Waals surface area contributed by atoms with Crippen molar-refractivity contribution in [3.05, 3.63) is 29.6 Å². The van der Waals surface area contributed by atoms with Crippen LogP contribution in [0.5, 0.6) is 0 Å². The largest absolute Gasteiger partial charge is 0.385 e. The minimum atomic E-state index is -0.728. The molecule has 0 spiro atoms. The molecule has 0 bridgehead atoms. The molecule has 0 saturated heterocycles. The van der Waals surface area contributed by atoms with Gasteiger partial charge in [0.05, 0.1) is 5.56 Å². The Hall–Kier alpha value is -1.58. The van der Waals surface area contributed by atoms with Crippen molar-refractivity contribution >= 4 is 11.6 Å². The Morgan fingerprint density at radius 1 is 1.33 bits per heavy atom. The molecule has 0 atom stereocenters. The van der Waals surface area contributed by atoms with E-state index in [0.717, 1.165) is 12.2 Å². The molecule has 1 aliphatic rings. The van der Waals surface area contributed by atoms with Crippen molar-refractivity contribution in [3.8, 4) is 0 Å². The van der Waals surface area contributed by atoms with E-state index in [2.05, 4.69) is 5.32 Å². The van der Waals surface area contributed by atoms with Crippen LogP contribution in [0.4, 0.5) is 10.1 Å². The molecule has 0 radical (unpaired) electrons. The Balaban J connectivity index is 1.96. The Morgan fingerprint density at radius 3 is 2.72 bits per heavy atom. The Kier molecular flexibility index (Phi) is 4.18. The van der Waals surface area contributed by atoms with Gasteiger partial charge in [-0.2, -0.15) is 0 Å². The third-order valence-corrected chi connectivity index (χ3v) is 3.55. The molecule has 1 fully saturated rings. The maximum Gasteiger partial charge on any atom is 0.251 e. The number of carbonyl (C=O) groups excluding carboxylic acids is 1. The summed E-state index contributed by atoms with van der Waals surface area (Å²) < 4.78 is 13.3. The van der Waals surface area contributed by atoms with Gasteiger partial charge < -0.3 is 11.1 Å². The van der Waals surface area contributed by atoms with Gasteiger partial charge in [0, 0.05) is 12.2 Å². The first-order valence-electron chi connectivity index (χ1n) is 6.50. The van der Waals surface area contributed by atoms with E-state index in [9.17, 15) is 9.18 Å². The summed E-state index contributed by atoms with van der Waals surface area (Å²) in [6.45, 7) is 0.879. The van der Waals surface area contributed by atoms with Crippen LogP contribution < -0.4 is 11.1 Å². The number of hydrogen-bond acceptors (Lipinski definition) is 2. The van der Waals surface area contributed by atoms with Crippen LogP contribution in [0.15, 0.2) is 18.2 Å². The first-order chi connectivity index (χ1) is 8.66. The van der Waals surface area contributed by atoms with E-state index < -0.39 is 11.7 Å². The molecule has 0 unspecified atom stereocenters. The van der Waals surface area contributed by atoms with E-state index in [-0.39, 0.29) is 5.56 Å². The number of hydrogen-bond donors (Lipinski definition) is 2. The molecule has 1 aromatic carbocycles. The van der Waals surface area contributed by atoms with E-state index in [0.29, 0.717) is 5.92 Å². The molecule has 1 aromatic rings. The molecule has 3 nitrogen and oxygen atoms in total. The van der Waals surface area contributed by atoms with Gasteiger partial charge in [-0.05, 0) is 37.0 Å². The monoisotopic (exact) mass is 250 g/mol. The van der Waals surface area contributed by atoms with Crippen molar-refractivity contribution in [3.63, 3.8) is 0 Å². The average Bonchev–Trinajstić information content (AvgIpc) is 2.38. The number of nitrogens with one attached hydrogen (secondary N) is 1. The van der Waals surface area contributed by atoms with E-state index in [1.807, 2.05) is 0 Å². The normalized spacial score (nSPS) is 16.5. The fraction of sp³-hybridized carbons (Fsp3) is 0.500. The number of carbonyl (C=O) groups is 1. The zero-order valence-electron chi connectivity index (χ0n) is 10.4. The predicted octanol–water partition coefficient (Wildman–Crippen LogP) is 2.92. The molecule has 1 amide bonds. The molecule has 2 rings (SSSR count). The second-order valence-corrected chi connectivity index (χ2v) is 4.94. The standard InChI is InChI=1S/C14H19FN2O/c15-13-7-6-11(8-12(13)14(16)18)17-9-10-4-2-1-3-5-10/h6-8,10,17H,1-5,9H2,(H2,16,18). The Bertz CT molecular complexity index is 428. The zero-order chi connectivity index (χ0) is 13.0. The predicted molar refractivity (Wildman–Crippen MR) is 70.0 cm³/mol. The summed E-state index contributed by atoms with van der Waals surface area (Å²) in [5, 5.41) is 3.26. The SMILES string of the molecule is NC(=O)c1cc(NCC2CCCCC2)ccc1F. The van der Waals surface area contributed by atoms with Crippen molar-refractivity contribution < 1.29 is 9.18 Å². The zero-order valence-corrected chi connectivity index (χ0v) is 10.4. The molecule has 18 heavy (non-hydrogen) atoms. The van der Waals surface area contributed by atoms with Crippen LogP contribution in [0.1, 0.15) is 42.5 Å². The van der Waals surface area contributed by atoms with Gasteiger partial charge in [-0.3, -0.25) is 4.79 Å². The summed E-state index contributed by atoms with van der Waals surface area (Å²) in [5.74, 6) is -0.611. The highest BCUT2D eigenvalue weighted by Gasteiger charge is 2.14. The van der Waals surface area contributed by atoms with Crippen molar-refractivity contribution in [2.45, 2.75) is 32.1 Å². The number of primary amides is 1. The molecule has 1 saturated carbocycles. The lowest BCUT2D eigenvalue weighted by molar-refractivity contribution is 0.0996. The number of amides is 1. The summed E-state index contributed by atoms with van der Waals surface area (Å²) >= 11 is 0. The fourth-order valence-corrected chi connectivity index (χ4v) is 2.48. The highest BCUT2D eigenvalue weighted by molar-refractivity contribution is 5.94. The topological polar surface area (TPSA) is 55.1 Å². The first-order valence-corrected chi connectivity index (χ1v) is 6.50. The summed E-state index contributed by atoms with van der Waals surface area (Å²) in [6, 6.07) is 4.41. The van der Waals surface area contributed by atoms with Crippen molar-refractivity contribution in [2.24, 2.45) is 11.7 Å². The third kappa shape index (κ3) is 3.22. The van der Waals surface area contributed by atoms with Crippen molar-refractivity contribution in [1.29, 1.82) is 0 Å². The number of anilines is 1. The maximum absolute atomic E-state index is 13.3. The van der Waals surface area contributed by atoms with Gasteiger partial charge in [0.15, 0.2) is 0 Å². The van der Waals surface area contributed by atoms with Crippen LogP contribution in [0, 0.1) is 11.7 Å². The lowest BCUT2D eigenvalue weighted by Crippen LogP contribution is -2.18. The average molecular weight is 250 g/mol. The summed E-state index contributed by atoms with van der Waals surface area (Å²) in [6.07, 6.45) is 6.41. The van der Waals surface area contributed by atoms with Gasteiger partial charge in [0.1, 0.15) is 5.82 Å². The molecule has 0 aromatic heterocycles.